The summed E-state index contributed by atoms with van der Waals surface area (Å²) in [5.74, 6) is 0. The van der Waals surface area contributed by atoms with Crippen molar-refractivity contribution >= 4 is 22.4 Å². The third kappa shape index (κ3) is 2.27. The van der Waals surface area contributed by atoms with Crippen LogP contribution in [0.15, 0.2) is 41.3 Å². The van der Waals surface area contributed by atoms with Gasteiger partial charge in [-0.05, 0) is 6.42 Å². The van der Waals surface area contributed by atoms with Crippen LogP contribution in [0.4, 0.5) is 0 Å². The van der Waals surface area contributed by atoms with Gasteiger partial charge in [-0.15, -0.1) is 0 Å². The van der Waals surface area contributed by atoms with Gasteiger partial charge < -0.3 is 0 Å². The summed E-state index contributed by atoms with van der Waals surface area (Å²) in [4.78, 5) is 17.6. The number of fused-ring (bicyclic) bond motifs is 1. The zero-order valence-corrected chi connectivity index (χ0v) is 12.2. The molecule has 0 amide bonds. The predicted molar refractivity (Wildman–Crippen MR) is 84.0 cm³/mol. The molecule has 102 valence electrons. The number of hydrogen-bond donors (Lipinski definition) is 0. The number of rotatable bonds is 4. The highest BCUT2D eigenvalue weighted by Crippen LogP contribution is 2.19. The fourth-order valence-corrected chi connectivity index (χ4v) is 3.19. The summed E-state index contributed by atoms with van der Waals surface area (Å²) in [6.45, 7) is 2.15. The first-order valence-corrected chi connectivity index (χ1v) is 7.68. The zero-order chi connectivity index (χ0) is 13.9. The average Bonchev–Trinajstić information content (AvgIpc) is 3.02. The van der Waals surface area contributed by atoms with Gasteiger partial charge in [0.25, 0.3) is 5.56 Å². The Balaban J connectivity index is 2.13. The molecule has 0 fully saturated rings. The lowest BCUT2D eigenvalue weighted by atomic mass is 10.2. The maximum Gasteiger partial charge on any atom is 0.274 e. The van der Waals surface area contributed by atoms with Crippen LogP contribution in [0.1, 0.15) is 26.2 Å². The Morgan fingerprint density at radius 1 is 1.30 bits per heavy atom. The van der Waals surface area contributed by atoms with Crippen molar-refractivity contribution in [2.75, 3.05) is 0 Å². The largest absolute Gasteiger partial charge is 0.274 e. The SMILES string of the molecule is CCCCC=c1sc2ncc(-c3ccccc3)n2c1=O. The van der Waals surface area contributed by atoms with E-state index >= 15 is 0 Å². The molecule has 0 N–H and O–H groups in total. The summed E-state index contributed by atoms with van der Waals surface area (Å²) in [5.41, 5.74) is 1.95. The van der Waals surface area contributed by atoms with Gasteiger partial charge in [-0.3, -0.25) is 4.79 Å². The molecular formula is C16H16N2OS. The van der Waals surface area contributed by atoms with Crippen molar-refractivity contribution in [1.82, 2.24) is 9.38 Å². The van der Waals surface area contributed by atoms with Crippen molar-refractivity contribution in [3.05, 3.63) is 51.4 Å². The van der Waals surface area contributed by atoms with E-state index in [0.717, 1.165) is 40.0 Å². The number of aromatic nitrogens is 2. The van der Waals surface area contributed by atoms with Gasteiger partial charge in [-0.25, -0.2) is 9.38 Å². The van der Waals surface area contributed by atoms with Crippen molar-refractivity contribution < 1.29 is 0 Å². The van der Waals surface area contributed by atoms with Gasteiger partial charge in [0.2, 0.25) is 0 Å². The molecule has 0 atom stereocenters. The minimum absolute atomic E-state index is 0.0532. The van der Waals surface area contributed by atoms with Crippen molar-refractivity contribution in [2.24, 2.45) is 0 Å². The molecule has 3 aromatic rings. The molecule has 20 heavy (non-hydrogen) atoms. The summed E-state index contributed by atoms with van der Waals surface area (Å²) in [6, 6.07) is 9.92. The third-order valence-corrected chi connectivity index (χ3v) is 4.33. The van der Waals surface area contributed by atoms with Gasteiger partial charge in [0, 0.05) is 5.56 Å². The number of benzene rings is 1. The van der Waals surface area contributed by atoms with Crippen LogP contribution in [0.25, 0.3) is 22.3 Å². The van der Waals surface area contributed by atoms with Crippen LogP contribution in [0, 0.1) is 0 Å². The smallest absolute Gasteiger partial charge is 0.267 e. The molecule has 0 radical (unpaired) electrons. The highest BCUT2D eigenvalue weighted by molar-refractivity contribution is 7.15. The minimum atomic E-state index is 0.0532. The van der Waals surface area contributed by atoms with E-state index in [0.29, 0.717) is 0 Å². The van der Waals surface area contributed by atoms with Crippen LogP contribution >= 0.6 is 11.3 Å². The number of nitrogens with zero attached hydrogens (tertiary/aromatic N) is 2. The molecule has 0 aliphatic rings. The molecule has 3 rings (SSSR count). The van der Waals surface area contributed by atoms with E-state index in [4.69, 9.17) is 0 Å². The van der Waals surface area contributed by atoms with E-state index in [-0.39, 0.29) is 5.56 Å². The Kier molecular flexibility index (Phi) is 3.65. The van der Waals surface area contributed by atoms with Crippen molar-refractivity contribution in [1.29, 1.82) is 0 Å². The molecule has 2 aromatic heterocycles. The van der Waals surface area contributed by atoms with Gasteiger partial charge in [-0.1, -0.05) is 67.5 Å². The Bertz CT molecular complexity index is 817. The molecule has 2 heterocycles. The van der Waals surface area contributed by atoms with Crippen LogP contribution in [0.5, 0.6) is 0 Å². The van der Waals surface area contributed by atoms with E-state index in [1.165, 1.54) is 11.3 Å². The van der Waals surface area contributed by atoms with Crippen molar-refractivity contribution in [3.8, 4) is 11.3 Å². The zero-order valence-electron chi connectivity index (χ0n) is 11.4. The number of thiazole rings is 1. The van der Waals surface area contributed by atoms with Crippen LogP contribution in [0.3, 0.4) is 0 Å². The summed E-state index contributed by atoms with van der Waals surface area (Å²) < 4.78 is 2.52. The van der Waals surface area contributed by atoms with Crippen LogP contribution in [-0.4, -0.2) is 9.38 Å². The van der Waals surface area contributed by atoms with E-state index < -0.39 is 0 Å². The first kappa shape index (κ1) is 13.1. The average molecular weight is 284 g/mol. The maximum atomic E-state index is 12.5. The highest BCUT2D eigenvalue weighted by Gasteiger charge is 2.11. The number of hydrogen-bond acceptors (Lipinski definition) is 3. The lowest BCUT2D eigenvalue weighted by Crippen LogP contribution is -2.23. The lowest BCUT2D eigenvalue weighted by molar-refractivity contribution is 0.833. The summed E-state index contributed by atoms with van der Waals surface area (Å²) >= 11 is 1.47. The molecule has 0 saturated heterocycles. The fraction of sp³-hybridized carbons (Fsp3) is 0.250. The van der Waals surface area contributed by atoms with E-state index in [9.17, 15) is 4.79 Å². The monoisotopic (exact) mass is 284 g/mol. The molecule has 0 spiro atoms. The molecular weight excluding hydrogens is 268 g/mol. The second kappa shape index (κ2) is 5.59. The molecule has 0 saturated carbocycles. The highest BCUT2D eigenvalue weighted by atomic mass is 32.1. The van der Waals surface area contributed by atoms with Gasteiger partial charge in [0.1, 0.15) is 0 Å². The van der Waals surface area contributed by atoms with Crippen LogP contribution in [-0.2, 0) is 0 Å². The Hall–Kier alpha value is -1.94. The summed E-state index contributed by atoms with van der Waals surface area (Å²) in [5, 5.41) is 0. The fourth-order valence-electron chi connectivity index (χ4n) is 2.23. The molecule has 0 bridgehead atoms. The lowest BCUT2D eigenvalue weighted by Gasteiger charge is -1.96. The van der Waals surface area contributed by atoms with Gasteiger partial charge in [-0.2, -0.15) is 0 Å². The Morgan fingerprint density at radius 3 is 2.85 bits per heavy atom. The van der Waals surface area contributed by atoms with E-state index in [2.05, 4.69) is 11.9 Å². The normalized spacial score (nSPS) is 12.3. The van der Waals surface area contributed by atoms with E-state index in [1.807, 2.05) is 36.4 Å². The summed E-state index contributed by atoms with van der Waals surface area (Å²) in [7, 11) is 0. The van der Waals surface area contributed by atoms with E-state index in [1.54, 1.807) is 10.6 Å². The maximum absolute atomic E-state index is 12.5. The molecule has 0 unspecified atom stereocenters. The first-order valence-electron chi connectivity index (χ1n) is 6.87. The Morgan fingerprint density at radius 2 is 2.10 bits per heavy atom. The minimum Gasteiger partial charge on any atom is -0.267 e. The van der Waals surface area contributed by atoms with Gasteiger partial charge >= 0.3 is 0 Å². The van der Waals surface area contributed by atoms with Crippen LogP contribution in [0.2, 0.25) is 0 Å². The molecule has 3 nitrogen and oxygen atoms in total. The summed E-state index contributed by atoms with van der Waals surface area (Å²) in [6.07, 6.45) is 7.03. The molecule has 1 aromatic carbocycles. The predicted octanol–water partition coefficient (Wildman–Crippen LogP) is 3.11. The topological polar surface area (TPSA) is 34.4 Å². The second-order valence-electron chi connectivity index (χ2n) is 4.75. The standard InChI is InChI=1S/C16H16N2OS/c1-2-3-5-10-14-15(19)18-13(11-17-16(18)20-14)12-8-6-4-7-9-12/h4,6-11H,2-3,5H2,1H3. The van der Waals surface area contributed by atoms with Crippen LogP contribution < -0.4 is 10.1 Å². The number of imidazole rings is 1. The molecule has 4 heteroatoms. The van der Waals surface area contributed by atoms with Crippen molar-refractivity contribution in [3.63, 3.8) is 0 Å². The third-order valence-electron chi connectivity index (χ3n) is 3.30. The molecule has 0 aliphatic carbocycles. The Labute approximate surface area is 121 Å². The van der Waals surface area contributed by atoms with Crippen molar-refractivity contribution in [2.45, 2.75) is 26.2 Å². The van der Waals surface area contributed by atoms with Gasteiger partial charge in [0.05, 0.1) is 16.4 Å². The van der Waals surface area contributed by atoms with Gasteiger partial charge in [0.15, 0.2) is 4.96 Å². The quantitative estimate of drug-likeness (QED) is 0.690. The second-order valence-corrected chi connectivity index (χ2v) is 5.75. The first-order chi connectivity index (χ1) is 9.81. The number of unbranched alkanes of at least 4 members (excludes halogenated alkanes) is 2. The molecule has 0 aliphatic heterocycles.